The SMILES string of the molecule is CC(C)CCN1C(=O)c2cc(-c3ccco3)nn2C[C@]1(C)C(=O)NC1CCCCCCC1. The number of hydrogen-bond acceptors (Lipinski definition) is 4. The van der Waals surface area contributed by atoms with Crippen molar-refractivity contribution in [2.45, 2.75) is 90.3 Å². The van der Waals surface area contributed by atoms with E-state index in [2.05, 4.69) is 24.3 Å². The Kier molecular flexibility index (Phi) is 6.72. The van der Waals surface area contributed by atoms with Crippen LogP contribution in [-0.2, 0) is 11.3 Å². The molecule has 0 bridgehead atoms. The van der Waals surface area contributed by atoms with Gasteiger partial charge in [0, 0.05) is 18.7 Å². The number of carbonyl (C=O) groups excluding carboxylic acids is 2. The maximum Gasteiger partial charge on any atom is 0.273 e. The number of carbonyl (C=O) groups is 2. The van der Waals surface area contributed by atoms with Crippen LogP contribution >= 0.6 is 0 Å². The van der Waals surface area contributed by atoms with Crippen molar-refractivity contribution in [3.8, 4) is 11.5 Å². The molecule has 0 spiro atoms. The van der Waals surface area contributed by atoms with E-state index in [1.54, 1.807) is 28.0 Å². The van der Waals surface area contributed by atoms with Crippen LogP contribution < -0.4 is 5.32 Å². The van der Waals surface area contributed by atoms with Crippen molar-refractivity contribution < 1.29 is 14.0 Å². The molecule has 3 heterocycles. The van der Waals surface area contributed by atoms with E-state index in [4.69, 9.17) is 4.42 Å². The molecule has 2 amide bonds. The van der Waals surface area contributed by atoms with Crippen LogP contribution in [0.2, 0.25) is 0 Å². The van der Waals surface area contributed by atoms with Gasteiger partial charge >= 0.3 is 0 Å². The molecule has 1 aliphatic heterocycles. The van der Waals surface area contributed by atoms with Gasteiger partial charge in [0.05, 0.1) is 12.8 Å². The maximum absolute atomic E-state index is 13.7. The lowest BCUT2D eigenvalue weighted by Crippen LogP contribution is -2.65. The number of hydrogen-bond donors (Lipinski definition) is 1. The number of nitrogens with one attached hydrogen (secondary N) is 1. The van der Waals surface area contributed by atoms with Crippen LogP contribution in [0.3, 0.4) is 0 Å². The molecule has 1 fully saturated rings. The molecule has 0 saturated heterocycles. The van der Waals surface area contributed by atoms with Crippen molar-refractivity contribution in [3.05, 3.63) is 30.2 Å². The van der Waals surface area contributed by atoms with Crippen molar-refractivity contribution in [1.82, 2.24) is 20.0 Å². The normalized spacial score (nSPS) is 22.5. The summed E-state index contributed by atoms with van der Waals surface area (Å²) in [5.74, 6) is 0.846. The molecule has 0 unspecified atom stereocenters. The van der Waals surface area contributed by atoms with E-state index in [1.807, 2.05) is 13.0 Å². The van der Waals surface area contributed by atoms with Crippen LogP contribution in [0.5, 0.6) is 0 Å². The molecule has 1 saturated carbocycles. The molecule has 2 aromatic heterocycles. The lowest BCUT2D eigenvalue weighted by atomic mass is 9.91. The molecule has 0 aromatic carbocycles. The Balaban J connectivity index is 1.61. The highest BCUT2D eigenvalue weighted by Crippen LogP contribution is 2.31. The molecular weight excluding hydrogens is 404 g/mol. The first-order valence-corrected chi connectivity index (χ1v) is 12.1. The molecule has 1 aliphatic carbocycles. The Bertz CT molecular complexity index is 925. The summed E-state index contributed by atoms with van der Waals surface area (Å²) in [4.78, 5) is 29.0. The molecule has 1 atom stereocenters. The van der Waals surface area contributed by atoms with E-state index in [0.717, 1.165) is 32.1 Å². The van der Waals surface area contributed by atoms with Gasteiger partial charge in [0.25, 0.3) is 5.91 Å². The van der Waals surface area contributed by atoms with Crippen LogP contribution in [0, 0.1) is 5.92 Å². The molecule has 2 aliphatic rings. The highest BCUT2D eigenvalue weighted by Gasteiger charge is 2.48. The summed E-state index contributed by atoms with van der Waals surface area (Å²) >= 11 is 0. The zero-order chi connectivity index (χ0) is 22.7. The van der Waals surface area contributed by atoms with Gasteiger partial charge in [0.2, 0.25) is 5.91 Å². The standard InChI is InChI=1S/C25H36N4O3/c1-18(2)13-14-28-23(30)21-16-20(22-12-9-15-32-22)27-29(21)17-25(28,3)24(31)26-19-10-7-5-4-6-8-11-19/h9,12,15-16,18-19H,4-8,10-11,13-14,17H2,1-3H3,(H,26,31)/t25-/m1/s1. The zero-order valence-corrected chi connectivity index (χ0v) is 19.6. The fourth-order valence-corrected chi connectivity index (χ4v) is 4.86. The van der Waals surface area contributed by atoms with Gasteiger partial charge in [-0.05, 0) is 44.2 Å². The minimum atomic E-state index is -0.978. The largest absolute Gasteiger partial charge is 0.463 e. The lowest BCUT2D eigenvalue weighted by molar-refractivity contribution is -0.134. The molecular formula is C25H36N4O3. The summed E-state index contributed by atoms with van der Waals surface area (Å²) in [6, 6.07) is 5.59. The first-order chi connectivity index (χ1) is 15.4. The van der Waals surface area contributed by atoms with Gasteiger partial charge < -0.3 is 14.6 Å². The fourth-order valence-electron chi connectivity index (χ4n) is 4.86. The van der Waals surface area contributed by atoms with E-state index >= 15 is 0 Å². The summed E-state index contributed by atoms with van der Waals surface area (Å²) < 4.78 is 7.16. The van der Waals surface area contributed by atoms with Gasteiger partial charge in [0.1, 0.15) is 16.9 Å². The number of fused-ring (bicyclic) bond motifs is 1. The third-order valence-corrected chi connectivity index (χ3v) is 6.93. The van der Waals surface area contributed by atoms with Crippen LogP contribution in [-0.4, -0.2) is 44.6 Å². The van der Waals surface area contributed by atoms with Gasteiger partial charge in [-0.2, -0.15) is 5.10 Å². The smallest absolute Gasteiger partial charge is 0.273 e. The van der Waals surface area contributed by atoms with Crippen LogP contribution in [0.25, 0.3) is 11.5 Å². The van der Waals surface area contributed by atoms with Crippen molar-refractivity contribution in [2.75, 3.05) is 6.54 Å². The summed E-state index contributed by atoms with van der Waals surface area (Å²) in [6.07, 6.45) is 10.5. The highest BCUT2D eigenvalue weighted by molar-refractivity contribution is 6.00. The van der Waals surface area contributed by atoms with Gasteiger partial charge in [-0.3, -0.25) is 14.3 Å². The fraction of sp³-hybridized carbons (Fsp3) is 0.640. The second kappa shape index (κ2) is 9.51. The second-order valence-electron chi connectivity index (χ2n) is 9.98. The minimum absolute atomic E-state index is 0.0686. The molecule has 0 radical (unpaired) electrons. The topological polar surface area (TPSA) is 80.4 Å². The monoisotopic (exact) mass is 440 g/mol. The van der Waals surface area contributed by atoms with Gasteiger partial charge in [-0.25, -0.2) is 0 Å². The van der Waals surface area contributed by atoms with Crippen molar-refractivity contribution >= 4 is 11.8 Å². The average molecular weight is 441 g/mol. The molecule has 7 nitrogen and oxygen atoms in total. The van der Waals surface area contributed by atoms with E-state index in [-0.39, 0.29) is 17.9 Å². The number of furan rings is 1. The zero-order valence-electron chi connectivity index (χ0n) is 19.6. The van der Waals surface area contributed by atoms with E-state index in [1.165, 1.54) is 19.3 Å². The second-order valence-corrected chi connectivity index (χ2v) is 9.98. The Labute approximate surface area is 190 Å². The minimum Gasteiger partial charge on any atom is -0.463 e. The van der Waals surface area contributed by atoms with Crippen LogP contribution in [0.15, 0.2) is 28.9 Å². The molecule has 2 aromatic rings. The molecule has 1 N–H and O–H groups in total. The first-order valence-electron chi connectivity index (χ1n) is 12.1. The molecule has 7 heteroatoms. The quantitative estimate of drug-likeness (QED) is 0.710. The van der Waals surface area contributed by atoms with Gasteiger partial charge in [-0.1, -0.05) is 46.0 Å². The van der Waals surface area contributed by atoms with Crippen molar-refractivity contribution in [1.29, 1.82) is 0 Å². The van der Waals surface area contributed by atoms with Gasteiger partial charge in [0.15, 0.2) is 5.76 Å². The van der Waals surface area contributed by atoms with Crippen LogP contribution in [0.4, 0.5) is 0 Å². The molecule has 32 heavy (non-hydrogen) atoms. The summed E-state index contributed by atoms with van der Waals surface area (Å²) in [5, 5.41) is 7.93. The molecule has 174 valence electrons. The maximum atomic E-state index is 13.7. The van der Waals surface area contributed by atoms with Crippen molar-refractivity contribution in [3.63, 3.8) is 0 Å². The van der Waals surface area contributed by atoms with Gasteiger partial charge in [-0.15, -0.1) is 0 Å². The summed E-state index contributed by atoms with van der Waals surface area (Å²) in [6.45, 7) is 7.05. The number of rotatable bonds is 6. The third kappa shape index (κ3) is 4.62. The number of aromatic nitrogens is 2. The van der Waals surface area contributed by atoms with Crippen LogP contribution in [0.1, 0.15) is 82.6 Å². The van der Waals surface area contributed by atoms with E-state index in [0.29, 0.717) is 36.2 Å². The molecule has 4 rings (SSSR count). The number of nitrogens with zero attached hydrogens (tertiary/aromatic N) is 3. The first kappa shape index (κ1) is 22.6. The van der Waals surface area contributed by atoms with Crippen molar-refractivity contribution in [2.24, 2.45) is 5.92 Å². The van der Waals surface area contributed by atoms with E-state index < -0.39 is 5.54 Å². The Morgan fingerprint density at radius 1 is 1.25 bits per heavy atom. The Morgan fingerprint density at radius 2 is 1.97 bits per heavy atom. The predicted octanol–water partition coefficient (Wildman–Crippen LogP) is 4.63. The summed E-state index contributed by atoms with van der Waals surface area (Å²) in [7, 11) is 0. The Morgan fingerprint density at radius 3 is 2.62 bits per heavy atom. The Hall–Kier alpha value is -2.57. The van der Waals surface area contributed by atoms with E-state index in [9.17, 15) is 9.59 Å². The average Bonchev–Trinajstić information content (AvgIpc) is 3.39. The highest BCUT2D eigenvalue weighted by atomic mass is 16.3. The number of amides is 2. The lowest BCUT2D eigenvalue weighted by Gasteiger charge is -2.44. The summed E-state index contributed by atoms with van der Waals surface area (Å²) in [5.41, 5.74) is 0.150. The predicted molar refractivity (Wildman–Crippen MR) is 123 cm³/mol. The third-order valence-electron chi connectivity index (χ3n) is 6.93.